The zero-order valence-electron chi connectivity index (χ0n) is 18.8. The Morgan fingerprint density at radius 1 is 0.848 bits per heavy atom. The van der Waals surface area contributed by atoms with Gasteiger partial charge in [-0.05, 0) is 80.9 Å². The summed E-state index contributed by atoms with van der Waals surface area (Å²) in [4.78, 5) is 24.7. The third kappa shape index (κ3) is 6.67. The van der Waals surface area contributed by atoms with Crippen LogP contribution in [0, 0.1) is 6.92 Å². The number of hydrogen-bond donors (Lipinski definition) is 1. The van der Waals surface area contributed by atoms with Crippen LogP contribution in [-0.2, 0) is 0 Å². The van der Waals surface area contributed by atoms with E-state index in [2.05, 4.69) is 10.5 Å². The largest absolute Gasteiger partial charge is 0.494 e. The molecule has 170 valence electrons. The first-order valence-electron chi connectivity index (χ1n) is 10.6. The minimum absolute atomic E-state index is 0.288. The van der Waals surface area contributed by atoms with Gasteiger partial charge in [0.15, 0.2) is 11.5 Å². The molecule has 0 unspecified atom stereocenters. The van der Waals surface area contributed by atoms with Gasteiger partial charge in [0.2, 0.25) is 0 Å². The molecule has 33 heavy (non-hydrogen) atoms. The van der Waals surface area contributed by atoms with Crippen molar-refractivity contribution >= 4 is 18.1 Å². The van der Waals surface area contributed by atoms with Crippen LogP contribution in [0.25, 0.3) is 0 Å². The second-order valence-electron chi connectivity index (χ2n) is 7.05. The summed E-state index contributed by atoms with van der Waals surface area (Å²) in [7, 11) is 0. The highest BCUT2D eigenvalue weighted by molar-refractivity contribution is 5.95. The molecule has 1 N–H and O–H groups in total. The Balaban J connectivity index is 1.67. The van der Waals surface area contributed by atoms with E-state index in [9.17, 15) is 9.59 Å². The summed E-state index contributed by atoms with van der Waals surface area (Å²) < 4.78 is 16.5. The zero-order chi connectivity index (χ0) is 23.6. The molecule has 0 aliphatic rings. The third-order valence-electron chi connectivity index (χ3n) is 4.56. The Morgan fingerprint density at radius 2 is 1.52 bits per heavy atom. The maximum Gasteiger partial charge on any atom is 0.343 e. The molecule has 7 nitrogen and oxygen atoms in total. The van der Waals surface area contributed by atoms with E-state index in [0.717, 1.165) is 5.56 Å². The lowest BCUT2D eigenvalue weighted by atomic mass is 10.1. The van der Waals surface area contributed by atoms with Gasteiger partial charge in [-0.1, -0.05) is 17.7 Å². The summed E-state index contributed by atoms with van der Waals surface area (Å²) in [6.45, 7) is 6.62. The van der Waals surface area contributed by atoms with Gasteiger partial charge in [-0.3, -0.25) is 4.79 Å². The lowest BCUT2D eigenvalue weighted by molar-refractivity contribution is 0.0728. The fourth-order valence-corrected chi connectivity index (χ4v) is 2.91. The van der Waals surface area contributed by atoms with E-state index in [4.69, 9.17) is 14.2 Å². The normalized spacial score (nSPS) is 10.6. The van der Waals surface area contributed by atoms with Crippen LogP contribution in [0.3, 0.4) is 0 Å². The minimum atomic E-state index is -0.509. The van der Waals surface area contributed by atoms with Crippen LogP contribution in [-0.4, -0.2) is 31.3 Å². The second kappa shape index (κ2) is 11.5. The molecule has 3 aromatic carbocycles. The Morgan fingerprint density at radius 3 is 2.18 bits per heavy atom. The molecular weight excluding hydrogens is 420 g/mol. The average Bonchev–Trinajstić information content (AvgIpc) is 2.82. The van der Waals surface area contributed by atoms with Crippen molar-refractivity contribution in [2.45, 2.75) is 20.8 Å². The van der Waals surface area contributed by atoms with Gasteiger partial charge in [0.05, 0.1) is 25.0 Å². The number of nitrogens with one attached hydrogen (secondary N) is 1. The van der Waals surface area contributed by atoms with Crippen molar-refractivity contribution in [1.29, 1.82) is 0 Å². The van der Waals surface area contributed by atoms with Crippen molar-refractivity contribution in [3.05, 3.63) is 89.0 Å². The van der Waals surface area contributed by atoms with Crippen LogP contribution in [0.4, 0.5) is 0 Å². The highest BCUT2D eigenvalue weighted by atomic mass is 16.6. The van der Waals surface area contributed by atoms with Gasteiger partial charge >= 0.3 is 5.97 Å². The summed E-state index contributed by atoms with van der Waals surface area (Å²) >= 11 is 0. The quantitative estimate of drug-likeness (QED) is 0.221. The number of benzene rings is 3. The van der Waals surface area contributed by atoms with E-state index in [-0.39, 0.29) is 11.7 Å². The van der Waals surface area contributed by atoms with E-state index < -0.39 is 5.97 Å². The van der Waals surface area contributed by atoms with E-state index >= 15 is 0 Å². The number of esters is 1. The molecule has 0 fully saturated rings. The number of carbonyl (C=O) groups is 2. The van der Waals surface area contributed by atoms with E-state index in [1.807, 2.05) is 32.9 Å². The van der Waals surface area contributed by atoms with Crippen molar-refractivity contribution < 1.29 is 23.8 Å². The predicted molar refractivity (Wildman–Crippen MR) is 126 cm³/mol. The lowest BCUT2D eigenvalue weighted by Gasteiger charge is -2.11. The molecule has 0 aliphatic heterocycles. The summed E-state index contributed by atoms with van der Waals surface area (Å²) in [6.07, 6.45) is 1.49. The first kappa shape index (κ1) is 23.5. The fraction of sp³-hybridized carbons (Fsp3) is 0.192. The maximum absolute atomic E-state index is 12.5. The molecule has 3 aromatic rings. The molecule has 0 bridgehead atoms. The SMILES string of the molecule is CCOc1ccc(C(=O)Oc2ccc(/C=N/NC(=O)c3ccc(C)cc3)cc2OCC)cc1. The van der Waals surface area contributed by atoms with Crippen molar-refractivity contribution in [3.63, 3.8) is 0 Å². The molecule has 7 heteroatoms. The van der Waals surface area contributed by atoms with Crippen molar-refractivity contribution in [2.75, 3.05) is 13.2 Å². The van der Waals surface area contributed by atoms with E-state index in [0.29, 0.717) is 41.4 Å². The monoisotopic (exact) mass is 446 g/mol. The highest BCUT2D eigenvalue weighted by Crippen LogP contribution is 2.29. The van der Waals surface area contributed by atoms with Gasteiger partial charge in [0.1, 0.15) is 5.75 Å². The molecule has 3 rings (SSSR count). The van der Waals surface area contributed by atoms with E-state index in [1.54, 1.807) is 54.6 Å². The fourth-order valence-electron chi connectivity index (χ4n) is 2.91. The number of amides is 1. The highest BCUT2D eigenvalue weighted by Gasteiger charge is 2.13. The minimum Gasteiger partial charge on any atom is -0.494 e. The molecular formula is C26H26N2O5. The molecule has 0 atom stereocenters. The molecule has 0 spiro atoms. The van der Waals surface area contributed by atoms with Gasteiger partial charge in [-0.2, -0.15) is 5.10 Å². The maximum atomic E-state index is 12.5. The zero-order valence-corrected chi connectivity index (χ0v) is 18.8. The van der Waals surface area contributed by atoms with Gasteiger partial charge in [0.25, 0.3) is 5.91 Å². The van der Waals surface area contributed by atoms with Gasteiger partial charge < -0.3 is 14.2 Å². The lowest BCUT2D eigenvalue weighted by Crippen LogP contribution is -2.17. The van der Waals surface area contributed by atoms with Crippen LogP contribution in [0.1, 0.15) is 45.7 Å². The Bertz CT molecular complexity index is 1120. The number of hydrazone groups is 1. The van der Waals surface area contributed by atoms with Gasteiger partial charge in [-0.25, -0.2) is 10.2 Å². The number of ether oxygens (including phenoxy) is 3. The Kier molecular flexibility index (Phi) is 8.18. The standard InChI is InChI=1S/C26H26N2O5/c1-4-31-22-13-11-21(12-14-22)26(30)33-23-15-8-19(16-24(23)32-5-2)17-27-28-25(29)20-9-6-18(3)7-10-20/h6-17H,4-5H2,1-3H3,(H,28,29)/b27-17+. The van der Waals surface area contributed by atoms with Crippen LogP contribution < -0.4 is 19.6 Å². The Labute approximate surface area is 193 Å². The first-order valence-corrected chi connectivity index (χ1v) is 10.6. The summed E-state index contributed by atoms with van der Waals surface area (Å²) in [5.41, 5.74) is 5.15. The van der Waals surface area contributed by atoms with Gasteiger partial charge in [0, 0.05) is 5.56 Å². The van der Waals surface area contributed by atoms with E-state index in [1.165, 1.54) is 6.21 Å². The molecule has 0 heterocycles. The molecule has 0 saturated heterocycles. The molecule has 0 saturated carbocycles. The van der Waals surface area contributed by atoms with Crippen LogP contribution >= 0.6 is 0 Å². The number of hydrogen-bond acceptors (Lipinski definition) is 6. The molecule has 0 aliphatic carbocycles. The topological polar surface area (TPSA) is 86.2 Å². The van der Waals surface area contributed by atoms with Crippen LogP contribution in [0.2, 0.25) is 0 Å². The van der Waals surface area contributed by atoms with Crippen LogP contribution in [0.5, 0.6) is 17.2 Å². The number of carbonyl (C=O) groups excluding carboxylic acids is 2. The summed E-state index contributed by atoms with van der Waals surface area (Å²) in [5, 5.41) is 4.00. The van der Waals surface area contributed by atoms with Crippen molar-refractivity contribution in [1.82, 2.24) is 5.43 Å². The number of nitrogens with zero attached hydrogens (tertiary/aromatic N) is 1. The smallest absolute Gasteiger partial charge is 0.343 e. The number of aryl methyl sites for hydroxylation is 1. The molecule has 0 aromatic heterocycles. The molecule has 0 radical (unpaired) electrons. The second-order valence-corrected chi connectivity index (χ2v) is 7.05. The van der Waals surface area contributed by atoms with Crippen LogP contribution in [0.15, 0.2) is 71.8 Å². The number of rotatable bonds is 9. The van der Waals surface area contributed by atoms with Gasteiger partial charge in [-0.15, -0.1) is 0 Å². The molecule has 1 amide bonds. The predicted octanol–water partition coefficient (Wildman–Crippen LogP) is 4.78. The van der Waals surface area contributed by atoms with Crippen molar-refractivity contribution in [3.8, 4) is 17.2 Å². The third-order valence-corrected chi connectivity index (χ3v) is 4.56. The Hall–Kier alpha value is -4.13. The van der Waals surface area contributed by atoms with Crippen molar-refractivity contribution in [2.24, 2.45) is 5.10 Å². The summed E-state index contributed by atoms with van der Waals surface area (Å²) in [5.74, 6) is 0.548. The average molecular weight is 447 g/mol. The summed E-state index contributed by atoms with van der Waals surface area (Å²) in [6, 6.07) is 18.9. The first-order chi connectivity index (χ1) is 16.0.